The van der Waals surface area contributed by atoms with Gasteiger partial charge < -0.3 is 29.6 Å². The van der Waals surface area contributed by atoms with E-state index in [0.717, 1.165) is 5.56 Å². The number of hydrogen-bond donors (Lipinski definition) is 4. The van der Waals surface area contributed by atoms with Gasteiger partial charge in [-0.1, -0.05) is 13.8 Å². The molecule has 0 aromatic carbocycles. The van der Waals surface area contributed by atoms with Crippen molar-refractivity contribution in [2.75, 3.05) is 0 Å². The minimum atomic E-state index is -1.15. The SMILES string of the molecule is CC(=O)OC1CC2(C)C(CCC3C2CC(O)C2(C)C(c4ccc(=O)oc4)CCC32O)C(O)C1O. The van der Waals surface area contributed by atoms with E-state index in [4.69, 9.17) is 9.15 Å². The number of carbonyl (C=O) groups is 1. The first-order valence-corrected chi connectivity index (χ1v) is 12.5. The van der Waals surface area contributed by atoms with E-state index in [2.05, 4.69) is 6.92 Å². The van der Waals surface area contributed by atoms with Crippen LogP contribution in [0.3, 0.4) is 0 Å². The lowest BCUT2D eigenvalue weighted by atomic mass is 9.42. The molecule has 0 amide bonds. The summed E-state index contributed by atoms with van der Waals surface area (Å²) in [5.74, 6) is -1.09. The lowest BCUT2D eigenvalue weighted by Gasteiger charge is -2.65. The van der Waals surface area contributed by atoms with Crippen molar-refractivity contribution >= 4 is 5.97 Å². The van der Waals surface area contributed by atoms with Gasteiger partial charge in [-0.05, 0) is 79.2 Å². The average Bonchev–Trinajstić information content (AvgIpc) is 3.06. The van der Waals surface area contributed by atoms with Crippen LogP contribution in [0.2, 0.25) is 0 Å². The van der Waals surface area contributed by atoms with Crippen LogP contribution in [0.5, 0.6) is 0 Å². The van der Waals surface area contributed by atoms with E-state index in [0.29, 0.717) is 38.5 Å². The summed E-state index contributed by atoms with van der Waals surface area (Å²) in [5.41, 5.74) is -2.10. The molecule has 0 spiro atoms. The van der Waals surface area contributed by atoms with Crippen LogP contribution in [0.15, 0.2) is 27.6 Å². The topological polar surface area (TPSA) is 137 Å². The monoisotopic (exact) mass is 476 g/mol. The molecule has 4 fully saturated rings. The number of fused-ring (bicyclic) bond motifs is 5. The number of hydrogen-bond acceptors (Lipinski definition) is 8. The highest BCUT2D eigenvalue weighted by atomic mass is 16.6. The third-order valence-electron chi connectivity index (χ3n) is 10.4. The number of esters is 1. The molecular formula is C26H36O8. The van der Waals surface area contributed by atoms with Crippen molar-refractivity contribution in [1.29, 1.82) is 0 Å². The number of carbonyl (C=O) groups excluding carboxylic acids is 1. The molecular weight excluding hydrogens is 440 g/mol. The van der Waals surface area contributed by atoms with E-state index in [1.807, 2.05) is 6.92 Å². The zero-order valence-electron chi connectivity index (χ0n) is 20.0. The van der Waals surface area contributed by atoms with Crippen LogP contribution in [0, 0.1) is 28.6 Å². The third kappa shape index (κ3) is 3.11. The minimum Gasteiger partial charge on any atom is -0.460 e. The Hall–Kier alpha value is -1.74. The summed E-state index contributed by atoms with van der Waals surface area (Å²) in [6.07, 6.45) is 0.956. The van der Waals surface area contributed by atoms with Gasteiger partial charge in [-0.3, -0.25) is 4.79 Å². The van der Waals surface area contributed by atoms with Gasteiger partial charge in [0, 0.05) is 18.4 Å². The molecule has 4 N–H and O–H groups in total. The van der Waals surface area contributed by atoms with Crippen LogP contribution in [-0.2, 0) is 9.53 Å². The van der Waals surface area contributed by atoms with Crippen molar-refractivity contribution in [3.05, 3.63) is 34.4 Å². The van der Waals surface area contributed by atoms with Crippen LogP contribution in [-0.4, -0.2) is 56.4 Å². The van der Waals surface area contributed by atoms with Gasteiger partial charge in [0.15, 0.2) is 0 Å². The molecule has 11 unspecified atom stereocenters. The number of ether oxygens (including phenoxy) is 1. The van der Waals surface area contributed by atoms with E-state index in [-0.39, 0.29) is 23.7 Å². The van der Waals surface area contributed by atoms with Crippen molar-refractivity contribution in [2.24, 2.45) is 28.6 Å². The first kappa shape index (κ1) is 24.0. The largest absolute Gasteiger partial charge is 0.460 e. The summed E-state index contributed by atoms with van der Waals surface area (Å²) in [4.78, 5) is 23.2. The first-order valence-electron chi connectivity index (χ1n) is 12.5. The first-order chi connectivity index (χ1) is 15.9. The Kier molecular flexibility index (Phi) is 5.56. The Balaban J connectivity index is 1.52. The maximum Gasteiger partial charge on any atom is 0.335 e. The smallest absolute Gasteiger partial charge is 0.335 e. The van der Waals surface area contributed by atoms with Crippen molar-refractivity contribution in [3.63, 3.8) is 0 Å². The summed E-state index contributed by atoms with van der Waals surface area (Å²) < 4.78 is 10.5. The Labute approximate surface area is 198 Å². The molecule has 0 bridgehead atoms. The summed E-state index contributed by atoms with van der Waals surface area (Å²) in [6.45, 7) is 5.30. The molecule has 1 heterocycles. The Morgan fingerprint density at radius 3 is 2.41 bits per heavy atom. The molecule has 4 aliphatic rings. The molecule has 1 aromatic rings. The average molecular weight is 477 g/mol. The summed E-state index contributed by atoms with van der Waals surface area (Å²) >= 11 is 0. The second kappa shape index (κ2) is 7.88. The van der Waals surface area contributed by atoms with Gasteiger partial charge in [-0.15, -0.1) is 0 Å². The minimum absolute atomic E-state index is 0.105. The van der Waals surface area contributed by atoms with Gasteiger partial charge in [0.1, 0.15) is 12.2 Å². The van der Waals surface area contributed by atoms with Crippen molar-refractivity contribution in [1.82, 2.24) is 0 Å². The zero-order valence-corrected chi connectivity index (χ0v) is 20.0. The van der Waals surface area contributed by atoms with Gasteiger partial charge in [0.25, 0.3) is 0 Å². The Bertz CT molecular complexity index is 1000. The lowest BCUT2D eigenvalue weighted by Crippen LogP contribution is -2.69. The van der Waals surface area contributed by atoms with Crippen molar-refractivity contribution < 1.29 is 34.4 Å². The highest BCUT2D eigenvalue weighted by Crippen LogP contribution is 2.70. The molecule has 34 heavy (non-hydrogen) atoms. The molecule has 188 valence electrons. The molecule has 0 aliphatic heterocycles. The van der Waals surface area contributed by atoms with Crippen LogP contribution in [0.1, 0.15) is 70.8 Å². The van der Waals surface area contributed by atoms with Gasteiger partial charge >= 0.3 is 11.6 Å². The third-order valence-corrected chi connectivity index (χ3v) is 10.4. The van der Waals surface area contributed by atoms with E-state index in [1.54, 1.807) is 6.07 Å². The van der Waals surface area contributed by atoms with Crippen LogP contribution < -0.4 is 5.63 Å². The van der Waals surface area contributed by atoms with E-state index in [9.17, 15) is 30.0 Å². The van der Waals surface area contributed by atoms with E-state index in [1.165, 1.54) is 19.3 Å². The van der Waals surface area contributed by atoms with Gasteiger partial charge in [0.05, 0.1) is 24.1 Å². The zero-order chi connectivity index (χ0) is 24.6. The van der Waals surface area contributed by atoms with Crippen LogP contribution in [0.25, 0.3) is 0 Å². The van der Waals surface area contributed by atoms with E-state index < -0.39 is 52.4 Å². The Morgan fingerprint density at radius 2 is 1.76 bits per heavy atom. The van der Waals surface area contributed by atoms with E-state index >= 15 is 0 Å². The summed E-state index contributed by atoms with van der Waals surface area (Å²) in [6, 6.07) is 3.11. The number of aliphatic hydroxyl groups excluding tert-OH is 3. The molecule has 1 aromatic heterocycles. The molecule has 5 rings (SSSR count). The summed E-state index contributed by atoms with van der Waals surface area (Å²) in [7, 11) is 0. The van der Waals surface area contributed by atoms with Crippen LogP contribution >= 0.6 is 0 Å². The second-order valence-electron chi connectivity index (χ2n) is 11.7. The molecule has 4 aliphatic carbocycles. The maximum absolute atomic E-state index is 12.3. The number of rotatable bonds is 2. The van der Waals surface area contributed by atoms with Crippen molar-refractivity contribution in [3.8, 4) is 0 Å². The Morgan fingerprint density at radius 1 is 1.06 bits per heavy atom. The maximum atomic E-state index is 12.3. The summed E-state index contributed by atoms with van der Waals surface area (Å²) in [5, 5.41) is 45.6. The van der Waals surface area contributed by atoms with Crippen molar-refractivity contribution in [2.45, 2.75) is 95.2 Å². The molecule has 0 saturated heterocycles. The second-order valence-corrected chi connectivity index (χ2v) is 11.7. The predicted octanol–water partition coefficient (Wildman–Crippen LogP) is 1.73. The van der Waals surface area contributed by atoms with Gasteiger partial charge in [-0.2, -0.15) is 0 Å². The molecule has 0 radical (unpaired) electrons. The van der Waals surface area contributed by atoms with Crippen LogP contribution in [0.4, 0.5) is 0 Å². The fourth-order valence-electron chi connectivity index (χ4n) is 8.74. The molecule has 8 heteroatoms. The quantitative estimate of drug-likeness (QED) is 0.474. The fraction of sp³-hybridized carbons (Fsp3) is 0.769. The highest BCUT2D eigenvalue weighted by molar-refractivity contribution is 5.66. The predicted molar refractivity (Wildman–Crippen MR) is 121 cm³/mol. The molecule has 11 atom stereocenters. The molecule has 8 nitrogen and oxygen atoms in total. The molecule has 4 saturated carbocycles. The normalized spacial score (nSPS) is 50.1. The fourth-order valence-corrected chi connectivity index (χ4v) is 8.74. The highest BCUT2D eigenvalue weighted by Gasteiger charge is 2.71. The van der Waals surface area contributed by atoms with Gasteiger partial charge in [0.2, 0.25) is 0 Å². The lowest BCUT2D eigenvalue weighted by molar-refractivity contribution is -0.264. The number of aliphatic hydroxyl groups is 4. The standard InChI is InChI=1S/C26H36O8/c1-13(27)34-19-11-24(2)17(22(30)23(19)31)6-5-16-18(24)10-20(28)25(3)15(8-9-26(16,25)32)14-4-7-21(29)33-12-14/h4,7,12,15-20,22-23,28,30-32H,5-6,8-11H2,1-3H3. The van der Waals surface area contributed by atoms with Gasteiger partial charge in [-0.25, -0.2) is 4.79 Å².